The number of rotatable bonds is 2. The number of methoxy groups -OCH3 is 1. The van der Waals surface area contributed by atoms with Crippen LogP contribution < -0.4 is 0 Å². The number of carbonyl (C=O) groups is 1. The van der Waals surface area contributed by atoms with E-state index in [1.54, 1.807) is 21.1 Å². The monoisotopic (exact) mass is 151 g/mol. The number of hydrogen-bond acceptors (Lipinski definition) is 4. The zero-order valence-corrected chi connectivity index (χ0v) is 5.92. The van der Waals surface area contributed by atoms with E-state index in [9.17, 15) is 4.79 Å². The third-order valence-electron chi connectivity index (χ3n) is 0.666. The van der Waals surface area contributed by atoms with E-state index in [0.29, 0.717) is 6.54 Å². The molecule has 0 aliphatic heterocycles. The summed E-state index contributed by atoms with van der Waals surface area (Å²) >= 11 is 0. The van der Waals surface area contributed by atoms with Crippen molar-refractivity contribution in [2.24, 2.45) is 0 Å². The van der Waals surface area contributed by atoms with E-state index < -0.39 is 0 Å². The van der Waals surface area contributed by atoms with Crippen LogP contribution in [0.15, 0.2) is 0 Å². The molecule has 5 heteroatoms. The predicted octanol–water partition coefficient (Wildman–Crippen LogP) is 0.784. The van der Waals surface area contributed by atoms with Crippen LogP contribution >= 0.6 is 21.1 Å². The van der Waals surface area contributed by atoms with Gasteiger partial charge < -0.3 is 4.74 Å². The molecule has 0 atom stereocenters. The maximum Gasteiger partial charge on any atom is 0.327 e. The van der Waals surface area contributed by atoms with Gasteiger partial charge in [0.1, 0.15) is 6.54 Å². The third kappa shape index (κ3) is 1.67. The summed E-state index contributed by atoms with van der Waals surface area (Å²) in [7, 11) is 4.51. The number of hydrogen-bond donors (Lipinski definition) is 0. The summed E-state index contributed by atoms with van der Waals surface area (Å²) < 4.78 is 6.23. The number of esters is 1. The van der Waals surface area contributed by atoms with E-state index in [0.717, 1.165) is 0 Å². The Bertz CT molecular complexity index is 155. The second-order valence-corrected chi connectivity index (χ2v) is 3.52. The highest BCUT2D eigenvalue weighted by Crippen LogP contribution is 2.16. The van der Waals surface area contributed by atoms with Crippen molar-refractivity contribution >= 4 is 27.0 Å². The summed E-state index contributed by atoms with van der Waals surface area (Å²) in [6.07, 6.45) is 0. The lowest BCUT2D eigenvalue weighted by molar-refractivity contribution is -0.140. The number of aromatic nitrogens is 1. The first-order valence-electron chi connectivity index (χ1n) is 2.02. The molecule has 0 N–H and O–H groups in total. The van der Waals surface area contributed by atoms with Gasteiger partial charge in [-0.05, 0) is 0 Å². The van der Waals surface area contributed by atoms with E-state index in [4.69, 9.17) is 0 Å². The molecule has 0 unspecified atom stereocenters. The molecule has 0 radical (unpaired) electrons. The molecule has 0 aliphatic carbocycles. The Morgan fingerprint density at radius 1 is 1.75 bits per heavy atom. The predicted molar refractivity (Wildman–Crippen MR) is 32.2 cm³/mol. The maximum atomic E-state index is 10.4. The van der Waals surface area contributed by atoms with E-state index in [1.165, 1.54) is 7.11 Å². The van der Waals surface area contributed by atoms with Crippen LogP contribution in [-0.4, -0.2) is 16.4 Å². The van der Waals surface area contributed by atoms with Crippen LogP contribution in [0, 0.1) is 0 Å². The number of carbonyl (C=O) groups excluding carboxylic acids is 1. The molecule has 8 heavy (non-hydrogen) atoms. The Balaban J connectivity index is 2.21. The van der Waals surface area contributed by atoms with Gasteiger partial charge in [-0.1, -0.05) is 0 Å². The standard InChI is InChI=1S/C3H5NO2S2/c1-6-3(5)2-4-7-8-4/h2H2,1H3. The second kappa shape index (κ2) is 2.32. The minimum Gasteiger partial charge on any atom is -0.468 e. The molecular weight excluding hydrogens is 146 g/mol. The van der Waals surface area contributed by atoms with Crippen molar-refractivity contribution in [3.63, 3.8) is 0 Å². The molecule has 0 amide bonds. The van der Waals surface area contributed by atoms with Gasteiger partial charge in [-0.2, -0.15) is 0 Å². The van der Waals surface area contributed by atoms with Crippen molar-refractivity contribution in [2.75, 3.05) is 7.11 Å². The average molecular weight is 151 g/mol. The summed E-state index contributed by atoms with van der Waals surface area (Å²) in [6, 6.07) is 0. The fraction of sp³-hybridized carbons (Fsp3) is 0.667. The molecule has 1 rings (SSSR count). The molecule has 1 heterocycles. The van der Waals surface area contributed by atoms with Gasteiger partial charge in [0.15, 0.2) is 0 Å². The largest absolute Gasteiger partial charge is 0.468 e. The molecule has 0 aliphatic rings. The molecule has 0 bridgehead atoms. The number of ether oxygens (including phenoxy) is 1. The fourth-order valence-electron chi connectivity index (χ4n) is 0.246. The minimum absolute atomic E-state index is 0.178. The third-order valence-corrected chi connectivity index (χ3v) is 2.36. The lowest BCUT2D eigenvalue weighted by atomic mass is 10.7. The molecule has 0 spiro atoms. The van der Waals surface area contributed by atoms with Crippen LogP contribution in [-0.2, 0) is 16.1 Å². The SMILES string of the molecule is COC(=O)Cn1ss1. The molecule has 0 saturated heterocycles. The summed E-state index contributed by atoms with van der Waals surface area (Å²) in [5.74, 6) is -0.178. The van der Waals surface area contributed by atoms with Crippen LogP contribution in [0.5, 0.6) is 0 Å². The van der Waals surface area contributed by atoms with Crippen molar-refractivity contribution in [3.8, 4) is 0 Å². The first-order chi connectivity index (χ1) is 3.83. The van der Waals surface area contributed by atoms with Crippen LogP contribution in [0.25, 0.3) is 0 Å². The summed E-state index contributed by atoms with van der Waals surface area (Å²) in [5, 5.41) is 0. The lowest BCUT2D eigenvalue weighted by Gasteiger charge is -1.89. The zero-order chi connectivity index (χ0) is 5.98. The van der Waals surface area contributed by atoms with Gasteiger partial charge in [-0.15, -0.1) is 0 Å². The smallest absolute Gasteiger partial charge is 0.327 e. The van der Waals surface area contributed by atoms with E-state index >= 15 is 0 Å². The van der Waals surface area contributed by atoms with Gasteiger partial charge in [0.25, 0.3) is 0 Å². The normalized spacial score (nSPS) is 9.62. The maximum absolute atomic E-state index is 10.4. The molecule has 0 saturated carbocycles. The Morgan fingerprint density at radius 2 is 2.38 bits per heavy atom. The number of nitrogens with zero attached hydrogens (tertiary/aromatic N) is 1. The van der Waals surface area contributed by atoms with Crippen molar-refractivity contribution < 1.29 is 9.53 Å². The Kier molecular flexibility index (Phi) is 1.69. The highest BCUT2D eigenvalue weighted by molar-refractivity contribution is 7.76. The first-order valence-corrected chi connectivity index (χ1v) is 4.08. The van der Waals surface area contributed by atoms with Crippen LogP contribution in [0.1, 0.15) is 0 Å². The average Bonchev–Trinajstić information content (AvgIpc) is 2.50. The molecule has 1 aromatic heterocycles. The summed E-state index contributed by atoms with van der Waals surface area (Å²) in [4.78, 5) is 10.4. The topological polar surface area (TPSA) is 31.2 Å². The summed E-state index contributed by atoms with van der Waals surface area (Å²) in [5.41, 5.74) is 0. The highest BCUT2D eigenvalue weighted by atomic mass is 33.0. The summed E-state index contributed by atoms with van der Waals surface area (Å²) in [6.45, 7) is 0.395. The Hall–Kier alpha value is -0.290. The van der Waals surface area contributed by atoms with Gasteiger partial charge in [0, 0.05) is 21.1 Å². The molecule has 1 aromatic rings. The van der Waals surface area contributed by atoms with Crippen molar-refractivity contribution in [2.45, 2.75) is 6.54 Å². The molecule has 46 valence electrons. The quantitative estimate of drug-likeness (QED) is 0.462. The van der Waals surface area contributed by atoms with Gasteiger partial charge in [-0.3, -0.25) is 4.79 Å². The Labute approximate surface area is 54.2 Å². The van der Waals surface area contributed by atoms with Gasteiger partial charge >= 0.3 is 5.97 Å². The Morgan fingerprint density at radius 3 is 2.75 bits per heavy atom. The van der Waals surface area contributed by atoms with Crippen LogP contribution in [0.2, 0.25) is 0 Å². The molecule has 3 nitrogen and oxygen atoms in total. The van der Waals surface area contributed by atoms with Crippen molar-refractivity contribution in [3.05, 3.63) is 0 Å². The molecule has 0 fully saturated rings. The zero-order valence-electron chi connectivity index (χ0n) is 4.29. The lowest BCUT2D eigenvalue weighted by Crippen LogP contribution is -2.04. The highest BCUT2D eigenvalue weighted by Gasteiger charge is 2.04. The van der Waals surface area contributed by atoms with Crippen molar-refractivity contribution in [1.29, 1.82) is 0 Å². The molecule has 0 aromatic carbocycles. The fourth-order valence-corrected chi connectivity index (χ4v) is 1.07. The minimum atomic E-state index is -0.178. The van der Waals surface area contributed by atoms with E-state index in [-0.39, 0.29) is 5.97 Å². The van der Waals surface area contributed by atoms with Gasteiger partial charge in [-0.25, -0.2) is 3.35 Å². The van der Waals surface area contributed by atoms with Crippen LogP contribution in [0.4, 0.5) is 0 Å². The first kappa shape index (κ1) is 5.84. The van der Waals surface area contributed by atoms with Gasteiger partial charge in [0.05, 0.1) is 7.11 Å². The van der Waals surface area contributed by atoms with Crippen LogP contribution in [0.3, 0.4) is 0 Å². The molecular formula is C3H5NO2S2. The second-order valence-electron chi connectivity index (χ2n) is 1.22. The van der Waals surface area contributed by atoms with E-state index in [1.807, 2.05) is 3.35 Å². The van der Waals surface area contributed by atoms with Crippen molar-refractivity contribution in [1.82, 2.24) is 3.35 Å². The van der Waals surface area contributed by atoms with Gasteiger partial charge in [0.2, 0.25) is 0 Å². The van der Waals surface area contributed by atoms with E-state index in [2.05, 4.69) is 4.74 Å².